The predicted octanol–water partition coefficient (Wildman–Crippen LogP) is 5.33. The molecule has 0 saturated heterocycles. The number of amides is 2. The third-order valence-electron chi connectivity index (χ3n) is 5.86. The van der Waals surface area contributed by atoms with Crippen LogP contribution in [0.2, 0.25) is 0 Å². The molecule has 0 radical (unpaired) electrons. The molecule has 32 heavy (non-hydrogen) atoms. The van der Waals surface area contributed by atoms with E-state index in [1.807, 2.05) is 70.2 Å². The maximum atomic E-state index is 13.7. The summed E-state index contributed by atoms with van der Waals surface area (Å²) < 4.78 is 5.51. The van der Waals surface area contributed by atoms with Crippen LogP contribution in [0.15, 0.2) is 66.4 Å². The highest BCUT2D eigenvalue weighted by atomic mass is 16.5. The summed E-state index contributed by atoms with van der Waals surface area (Å²) in [6.45, 7) is 7.92. The van der Waals surface area contributed by atoms with E-state index in [1.165, 1.54) is 4.90 Å². The van der Waals surface area contributed by atoms with Crippen LogP contribution in [-0.4, -0.2) is 18.9 Å². The SMILES string of the molecule is COc1ccccc1C1=C(Nc2cc(C)ccc2C)C(=O)N(c2ccc(C)c(C)c2)C1=O. The summed E-state index contributed by atoms with van der Waals surface area (Å²) in [5, 5.41) is 3.27. The number of carbonyl (C=O) groups excluding carboxylic acids is 2. The Morgan fingerprint density at radius 1 is 0.781 bits per heavy atom. The molecule has 0 atom stereocenters. The first-order valence-electron chi connectivity index (χ1n) is 10.5. The highest BCUT2D eigenvalue weighted by molar-refractivity contribution is 6.46. The minimum Gasteiger partial charge on any atom is -0.496 e. The summed E-state index contributed by atoms with van der Waals surface area (Å²) in [5.41, 5.74) is 6.60. The van der Waals surface area contributed by atoms with Crippen molar-refractivity contribution in [2.24, 2.45) is 0 Å². The van der Waals surface area contributed by atoms with Crippen molar-refractivity contribution in [3.8, 4) is 5.75 Å². The van der Waals surface area contributed by atoms with Crippen LogP contribution in [0.4, 0.5) is 11.4 Å². The molecule has 0 unspecified atom stereocenters. The fourth-order valence-corrected chi connectivity index (χ4v) is 3.85. The molecule has 0 fully saturated rings. The first kappa shape index (κ1) is 21.4. The van der Waals surface area contributed by atoms with Crippen LogP contribution in [-0.2, 0) is 9.59 Å². The third kappa shape index (κ3) is 3.66. The number of hydrogen-bond acceptors (Lipinski definition) is 4. The molecule has 0 aromatic heterocycles. The lowest BCUT2D eigenvalue weighted by atomic mass is 10.0. The maximum Gasteiger partial charge on any atom is 0.282 e. The third-order valence-corrected chi connectivity index (χ3v) is 5.86. The van der Waals surface area contributed by atoms with Crippen LogP contribution >= 0.6 is 0 Å². The van der Waals surface area contributed by atoms with E-state index in [2.05, 4.69) is 5.32 Å². The number of rotatable bonds is 5. The van der Waals surface area contributed by atoms with Gasteiger partial charge in [-0.15, -0.1) is 0 Å². The van der Waals surface area contributed by atoms with Gasteiger partial charge in [0.15, 0.2) is 0 Å². The molecule has 0 aliphatic carbocycles. The number of methoxy groups -OCH3 is 1. The molecule has 5 nitrogen and oxygen atoms in total. The summed E-state index contributed by atoms with van der Waals surface area (Å²) in [5.74, 6) is -0.235. The Morgan fingerprint density at radius 3 is 2.22 bits per heavy atom. The fraction of sp³-hybridized carbons (Fsp3) is 0.185. The largest absolute Gasteiger partial charge is 0.496 e. The molecule has 3 aromatic rings. The molecular weight excluding hydrogens is 400 g/mol. The van der Waals surface area contributed by atoms with Crippen molar-refractivity contribution in [1.82, 2.24) is 0 Å². The number of benzene rings is 3. The summed E-state index contributed by atoms with van der Waals surface area (Å²) in [6, 6.07) is 18.8. The summed E-state index contributed by atoms with van der Waals surface area (Å²) in [4.78, 5) is 28.6. The number of nitrogens with zero attached hydrogens (tertiary/aromatic N) is 1. The van der Waals surface area contributed by atoms with Gasteiger partial charge in [-0.1, -0.05) is 36.4 Å². The molecule has 1 heterocycles. The van der Waals surface area contributed by atoms with Crippen LogP contribution in [0.25, 0.3) is 5.57 Å². The molecule has 0 bridgehead atoms. The molecule has 2 amide bonds. The zero-order chi connectivity index (χ0) is 23.0. The van der Waals surface area contributed by atoms with Crippen molar-refractivity contribution in [1.29, 1.82) is 0 Å². The van der Waals surface area contributed by atoms with Crippen LogP contribution in [0.1, 0.15) is 27.8 Å². The average Bonchev–Trinajstić information content (AvgIpc) is 3.02. The minimum atomic E-state index is -0.389. The Kier molecular flexibility index (Phi) is 5.57. The summed E-state index contributed by atoms with van der Waals surface area (Å²) in [7, 11) is 1.56. The lowest BCUT2D eigenvalue weighted by Crippen LogP contribution is -2.32. The quantitative estimate of drug-likeness (QED) is 0.561. The van der Waals surface area contributed by atoms with Gasteiger partial charge in [0.1, 0.15) is 11.4 Å². The number of nitrogens with one attached hydrogen (secondary N) is 1. The molecule has 1 aliphatic heterocycles. The Bertz CT molecular complexity index is 1270. The number of ether oxygens (including phenoxy) is 1. The molecule has 4 rings (SSSR count). The Labute approximate surface area is 188 Å². The highest BCUT2D eigenvalue weighted by Crippen LogP contribution is 2.38. The van der Waals surface area contributed by atoms with Gasteiger partial charge in [0.05, 0.1) is 18.4 Å². The van der Waals surface area contributed by atoms with E-state index < -0.39 is 0 Å². The van der Waals surface area contributed by atoms with Crippen LogP contribution in [0.5, 0.6) is 5.75 Å². The van der Waals surface area contributed by atoms with Gasteiger partial charge in [-0.25, -0.2) is 4.90 Å². The molecule has 1 N–H and O–H groups in total. The Balaban J connectivity index is 1.89. The van der Waals surface area contributed by atoms with Crippen molar-refractivity contribution in [3.05, 3.63) is 94.2 Å². The van der Waals surface area contributed by atoms with Gasteiger partial charge in [0.25, 0.3) is 11.8 Å². The highest BCUT2D eigenvalue weighted by Gasteiger charge is 2.41. The zero-order valence-corrected chi connectivity index (χ0v) is 18.9. The van der Waals surface area contributed by atoms with Crippen molar-refractivity contribution >= 4 is 28.8 Å². The number of aryl methyl sites for hydroxylation is 4. The normalized spacial score (nSPS) is 13.7. The van der Waals surface area contributed by atoms with E-state index in [9.17, 15) is 9.59 Å². The second-order valence-electron chi connectivity index (χ2n) is 8.11. The maximum absolute atomic E-state index is 13.7. The van der Waals surface area contributed by atoms with Gasteiger partial charge < -0.3 is 10.1 Å². The van der Waals surface area contributed by atoms with Crippen molar-refractivity contribution in [2.75, 3.05) is 17.3 Å². The summed E-state index contributed by atoms with van der Waals surface area (Å²) >= 11 is 0. The second kappa shape index (κ2) is 8.35. The zero-order valence-electron chi connectivity index (χ0n) is 18.9. The molecule has 3 aromatic carbocycles. The van der Waals surface area contributed by atoms with Gasteiger partial charge in [-0.05, 0) is 74.2 Å². The van der Waals surface area contributed by atoms with E-state index in [1.54, 1.807) is 25.3 Å². The van der Waals surface area contributed by atoms with Crippen LogP contribution in [0, 0.1) is 27.7 Å². The van der Waals surface area contributed by atoms with Crippen LogP contribution < -0.4 is 15.0 Å². The number of anilines is 2. The molecule has 0 saturated carbocycles. The predicted molar refractivity (Wildman–Crippen MR) is 128 cm³/mol. The standard InChI is InChI=1S/C27H26N2O3/c1-16-10-11-18(3)22(14-16)28-25-24(21-8-6-7-9-23(21)32-5)26(30)29(27(25)31)20-13-12-17(2)19(4)15-20/h6-15,28H,1-5H3. The molecule has 5 heteroatoms. The van der Waals surface area contributed by atoms with Crippen molar-refractivity contribution in [3.63, 3.8) is 0 Å². The van der Waals surface area contributed by atoms with Gasteiger partial charge in [0, 0.05) is 11.3 Å². The minimum absolute atomic E-state index is 0.242. The summed E-state index contributed by atoms with van der Waals surface area (Å²) in [6.07, 6.45) is 0. The average molecular weight is 427 g/mol. The number of carbonyl (C=O) groups is 2. The van der Waals surface area contributed by atoms with E-state index >= 15 is 0 Å². The molecular formula is C27H26N2O3. The Morgan fingerprint density at radius 2 is 1.50 bits per heavy atom. The van der Waals surface area contributed by atoms with E-state index in [0.29, 0.717) is 22.6 Å². The number of para-hydroxylation sites is 1. The molecule has 162 valence electrons. The lowest BCUT2D eigenvalue weighted by Gasteiger charge is -2.17. The van der Waals surface area contributed by atoms with E-state index in [0.717, 1.165) is 27.9 Å². The van der Waals surface area contributed by atoms with Gasteiger partial charge >= 0.3 is 0 Å². The fourth-order valence-electron chi connectivity index (χ4n) is 3.85. The van der Waals surface area contributed by atoms with E-state index in [4.69, 9.17) is 4.74 Å². The topological polar surface area (TPSA) is 58.6 Å². The molecule has 0 spiro atoms. The van der Waals surface area contributed by atoms with Crippen molar-refractivity contribution < 1.29 is 14.3 Å². The first-order valence-corrected chi connectivity index (χ1v) is 10.5. The smallest absolute Gasteiger partial charge is 0.282 e. The van der Waals surface area contributed by atoms with Crippen molar-refractivity contribution in [2.45, 2.75) is 27.7 Å². The van der Waals surface area contributed by atoms with E-state index in [-0.39, 0.29) is 17.5 Å². The number of imide groups is 1. The Hall–Kier alpha value is -3.86. The van der Waals surface area contributed by atoms with Gasteiger partial charge in [-0.2, -0.15) is 0 Å². The number of hydrogen-bond donors (Lipinski definition) is 1. The monoisotopic (exact) mass is 426 g/mol. The molecule has 1 aliphatic rings. The second-order valence-corrected chi connectivity index (χ2v) is 8.11. The first-order chi connectivity index (χ1) is 15.3. The van der Waals surface area contributed by atoms with Gasteiger partial charge in [-0.3, -0.25) is 9.59 Å². The van der Waals surface area contributed by atoms with Crippen LogP contribution in [0.3, 0.4) is 0 Å². The lowest BCUT2D eigenvalue weighted by molar-refractivity contribution is -0.120. The van der Waals surface area contributed by atoms with Gasteiger partial charge in [0.2, 0.25) is 0 Å².